The fourth-order valence-corrected chi connectivity index (χ4v) is 3.71. The maximum atomic E-state index is 13.7. The molecule has 0 saturated heterocycles. The van der Waals surface area contributed by atoms with Gasteiger partial charge in [0, 0.05) is 22.5 Å². The molecule has 1 aromatic heterocycles. The van der Waals surface area contributed by atoms with Gasteiger partial charge < -0.3 is 10.6 Å². The summed E-state index contributed by atoms with van der Waals surface area (Å²) in [4.78, 5) is 29.1. The van der Waals surface area contributed by atoms with Crippen LogP contribution in [0, 0.1) is 5.82 Å². The lowest BCUT2D eigenvalue weighted by Crippen LogP contribution is -2.33. The second-order valence-corrected chi connectivity index (χ2v) is 7.66. The van der Waals surface area contributed by atoms with E-state index < -0.39 is 17.6 Å². The van der Waals surface area contributed by atoms with E-state index in [-0.39, 0.29) is 17.1 Å². The highest BCUT2D eigenvalue weighted by Gasteiger charge is 2.17. The van der Waals surface area contributed by atoms with E-state index in [1.165, 1.54) is 23.5 Å². The number of thiazole rings is 1. The Hall–Kier alpha value is -2.48. The van der Waals surface area contributed by atoms with E-state index in [9.17, 15) is 14.0 Å². The first kappa shape index (κ1) is 20.3. The highest BCUT2D eigenvalue weighted by Crippen LogP contribution is 2.24. The van der Waals surface area contributed by atoms with Crippen LogP contribution < -0.4 is 10.6 Å². The number of nitrogens with zero attached hydrogens (tertiary/aromatic N) is 1. The predicted molar refractivity (Wildman–Crippen MR) is 109 cm³/mol. The molecule has 3 rings (SSSR count). The van der Waals surface area contributed by atoms with Crippen molar-refractivity contribution in [3.05, 3.63) is 80.5 Å². The lowest BCUT2D eigenvalue weighted by molar-refractivity contribution is -0.115. The number of anilines is 1. The van der Waals surface area contributed by atoms with E-state index in [0.717, 1.165) is 16.5 Å². The monoisotopic (exact) mass is 437 g/mol. The molecule has 0 aliphatic carbocycles. The lowest BCUT2D eigenvalue weighted by atomic mass is 10.1. The molecule has 144 valence electrons. The second kappa shape index (κ2) is 9.14. The van der Waals surface area contributed by atoms with Crippen LogP contribution in [0.3, 0.4) is 0 Å². The van der Waals surface area contributed by atoms with Crippen molar-refractivity contribution in [2.75, 3.05) is 11.9 Å². The van der Waals surface area contributed by atoms with Crippen LogP contribution in [0.15, 0.2) is 48.7 Å². The van der Waals surface area contributed by atoms with Gasteiger partial charge in [-0.15, -0.1) is 11.3 Å². The highest BCUT2D eigenvalue weighted by molar-refractivity contribution is 7.15. The minimum atomic E-state index is -0.767. The van der Waals surface area contributed by atoms with Crippen LogP contribution in [-0.2, 0) is 11.2 Å². The van der Waals surface area contributed by atoms with E-state index in [0.29, 0.717) is 16.6 Å². The molecule has 5 nitrogen and oxygen atoms in total. The van der Waals surface area contributed by atoms with Gasteiger partial charge in [0.15, 0.2) is 5.13 Å². The number of aromatic nitrogens is 1. The third kappa shape index (κ3) is 5.07. The molecule has 2 aromatic carbocycles. The average Bonchev–Trinajstić information content (AvgIpc) is 3.08. The van der Waals surface area contributed by atoms with Crippen LogP contribution in [0.4, 0.5) is 9.52 Å². The molecule has 2 amide bonds. The number of rotatable bonds is 6. The number of nitrogens with one attached hydrogen (secondary N) is 2. The molecule has 0 radical (unpaired) electrons. The Balaban J connectivity index is 1.55. The summed E-state index contributed by atoms with van der Waals surface area (Å²) in [5.74, 6) is -2.01. The topological polar surface area (TPSA) is 71.1 Å². The predicted octanol–water partition coefficient (Wildman–Crippen LogP) is 4.55. The summed E-state index contributed by atoms with van der Waals surface area (Å²) in [6.07, 6.45) is 2.25. The second-order valence-electron chi connectivity index (χ2n) is 5.73. The fourth-order valence-electron chi connectivity index (χ4n) is 2.40. The molecule has 0 saturated carbocycles. The minimum absolute atomic E-state index is 0.0259. The Labute approximate surface area is 174 Å². The van der Waals surface area contributed by atoms with Gasteiger partial charge in [0.1, 0.15) is 5.82 Å². The van der Waals surface area contributed by atoms with Crippen LogP contribution >= 0.6 is 34.5 Å². The molecule has 0 fully saturated rings. The van der Waals surface area contributed by atoms with Gasteiger partial charge in [-0.1, -0.05) is 47.5 Å². The molecule has 0 aliphatic rings. The van der Waals surface area contributed by atoms with Gasteiger partial charge in [-0.3, -0.25) is 9.59 Å². The Morgan fingerprint density at radius 2 is 1.82 bits per heavy atom. The first-order valence-electron chi connectivity index (χ1n) is 8.14. The molecule has 1 heterocycles. The molecule has 0 aliphatic heterocycles. The normalized spacial score (nSPS) is 10.5. The van der Waals surface area contributed by atoms with Crippen molar-refractivity contribution in [1.82, 2.24) is 10.3 Å². The van der Waals surface area contributed by atoms with E-state index in [4.69, 9.17) is 23.2 Å². The van der Waals surface area contributed by atoms with Gasteiger partial charge in [-0.05, 0) is 23.8 Å². The number of carbonyl (C=O) groups is 2. The average molecular weight is 438 g/mol. The number of amides is 2. The van der Waals surface area contributed by atoms with Crippen molar-refractivity contribution < 1.29 is 14.0 Å². The largest absolute Gasteiger partial charge is 0.343 e. The lowest BCUT2D eigenvalue weighted by Gasteiger charge is -2.07. The molecule has 0 atom stereocenters. The molecule has 9 heteroatoms. The van der Waals surface area contributed by atoms with Crippen molar-refractivity contribution >= 4 is 51.5 Å². The molecular formula is C19H14Cl2FN3O2S. The quantitative estimate of drug-likeness (QED) is 0.594. The Bertz CT molecular complexity index is 1010. The molecule has 3 aromatic rings. The van der Waals surface area contributed by atoms with Crippen molar-refractivity contribution in [3.8, 4) is 0 Å². The van der Waals surface area contributed by atoms with Crippen LogP contribution in [0.25, 0.3) is 0 Å². The van der Waals surface area contributed by atoms with E-state index in [2.05, 4.69) is 15.6 Å². The van der Waals surface area contributed by atoms with Gasteiger partial charge in [0.25, 0.3) is 5.91 Å². The van der Waals surface area contributed by atoms with Gasteiger partial charge in [0.05, 0.1) is 17.1 Å². The zero-order chi connectivity index (χ0) is 20.1. The van der Waals surface area contributed by atoms with Crippen molar-refractivity contribution in [2.45, 2.75) is 6.42 Å². The summed E-state index contributed by atoms with van der Waals surface area (Å²) >= 11 is 13.3. The summed E-state index contributed by atoms with van der Waals surface area (Å²) in [6.45, 7) is -0.344. The van der Waals surface area contributed by atoms with E-state index >= 15 is 0 Å². The molecular weight excluding hydrogens is 424 g/mol. The summed E-state index contributed by atoms with van der Waals surface area (Å²) in [5.41, 5.74) is 0.660. The first-order chi connectivity index (χ1) is 13.4. The third-order valence-corrected chi connectivity index (χ3v) is 5.32. The smallest absolute Gasteiger partial charge is 0.256 e. The molecule has 0 spiro atoms. The van der Waals surface area contributed by atoms with Gasteiger partial charge >= 0.3 is 0 Å². The molecule has 0 unspecified atom stereocenters. The SMILES string of the molecule is O=C(CNC(=O)c1c(F)cccc1Cl)Nc1ncc(Cc2ccccc2Cl)s1. The van der Waals surface area contributed by atoms with Gasteiger partial charge in [-0.25, -0.2) is 9.37 Å². The number of hydrogen-bond donors (Lipinski definition) is 2. The van der Waals surface area contributed by atoms with E-state index in [1.54, 1.807) is 6.20 Å². The maximum absolute atomic E-state index is 13.7. The van der Waals surface area contributed by atoms with Gasteiger partial charge in [-0.2, -0.15) is 0 Å². The maximum Gasteiger partial charge on any atom is 0.256 e. The van der Waals surface area contributed by atoms with Crippen LogP contribution in [0.5, 0.6) is 0 Å². The molecule has 28 heavy (non-hydrogen) atoms. The third-order valence-electron chi connectivity index (χ3n) is 3.72. The number of hydrogen-bond acceptors (Lipinski definition) is 4. The Morgan fingerprint density at radius 1 is 1.07 bits per heavy atom. The standard InChI is InChI=1S/C19H14Cl2FN3O2S/c20-13-5-2-1-4-11(13)8-12-9-24-19(28-12)25-16(26)10-23-18(27)17-14(21)6-3-7-15(17)22/h1-7,9H,8,10H2,(H,23,27)(H,24,25,26). The summed E-state index contributed by atoms with van der Waals surface area (Å²) in [7, 11) is 0. The van der Waals surface area contributed by atoms with Crippen LogP contribution in [0.2, 0.25) is 10.0 Å². The molecule has 0 bridgehead atoms. The summed E-state index contributed by atoms with van der Waals surface area (Å²) in [6, 6.07) is 11.4. The number of halogens is 3. The van der Waals surface area contributed by atoms with Crippen LogP contribution in [-0.4, -0.2) is 23.3 Å². The highest BCUT2D eigenvalue weighted by atomic mass is 35.5. The van der Waals surface area contributed by atoms with Crippen LogP contribution in [0.1, 0.15) is 20.8 Å². The van der Waals surface area contributed by atoms with Crippen molar-refractivity contribution in [1.29, 1.82) is 0 Å². The zero-order valence-corrected chi connectivity index (χ0v) is 16.7. The molecule has 2 N–H and O–H groups in total. The summed E-state index contributed by atoms with van der Waals surface area (Å²) < 4.78 is 13.7. The first-order valence-corrected chi connectivity index (χ1v) is 9.71. The fraction of sp³-hybridized carbons (Fsp3) is 0.105. The van der Waals surface area contributed by atoms with E-state index in [1.807, 2.05) is 24.3 Å². The van der Waals surface area contributed by atoms with Crippen molar-refractivity contribution in [3.63, 3.8) is 0 Å². The zero-order valence-electron chi connectivity index (χ0n) is 14.3. The minimum Gasteiger partial charge on any atom is -0.343 e. The summed E-state index contributed by atoms with van der Waals surface area (Å²) in [5, 5.41) is 5.96. The number of benzene rings is 2. The van der Waals surface area contributed by atoms with Crippen molar-refractivity contribution in [2.24, 2.45) is 0 Å². The Morgan fingerprint density at radius 3 is 2.57 bits per heavy atom. The number of carbonyl (C=O) groups excluding carboxylic acids is 2. The Kier molecular flexibility index (Phi) is 6.61. The van der Waals surface area contributed by atoms with Gasteiger partial charge in [0.2, 0.25) is 5.91 Å².